The summed E-state index contributed by atoms with van der Waals surface area (Å²) >= 11 is 0. The molecule has 1 aromatic heterocycles. The maximum absolute atomic E-state index is 3.56. The van der Waals surface area contributed by atoms with Crippen LogP contribution in [0, 0.1) is 0 Å². The second-order valence-electron chi connectivity index (χ2n) is 0.794. The molecule has 1 heterocycles. The molecule has 1 aromatic rings. The van der Waals surface area contributed by atoms with E-state index in [0.29, 0.717) is 0 Å². The van der Waals surface area contributed by atoms with E-state index in [2.05, 4.69) is 15.0 Å². The van der Waals surface area contributed by atoms with Gasteiger partial charge in [0.2, 0.25) is 0 Å². The first-order valence-electron chi connectivity index (χ1n) is 1.55. The normalized spacial score (nSPS) is 6.86. The molecule has 0 saturated carbocycles. The molecule has 0 radical (unpaired) electrons. The van der Waals surface area contributed by atoms with E-state index in [4.69, 9.17) is 0 Å². The van der Waals surface area contributed by atoms with E-state index in [1.165, 1.54) is 19.0 Å². The fourth-order valence-corrected chi connectivity index (χ4v) is 0.205. The summed E-state index contributed by atoms with van der Waals surface area (Å²) in [5.41, 5.74) is 0. The lowest BCUT2D eigenvalue weighted by atomic mass is 11.1. The molecule has 0 aliphatic heterocycles. The van der Waals surface area contributed by atoms with Crippen LogP contribution in [0.4, 0.5) is 4.70 Å². The molecule has 0 saturated heterocycles. The first-order chi connectivity index (χ1) is 3.00. The molecule has 0 unspecified atom stereocenters. The van der Waals surface area contributed by atoms with Gasteiger partial charge in [0, 0.05) is 0 Å². The van der Waals surface area contributed by atoms with Gasteiger partial charge in [0.05, 0.1) is 0 Å². The van der Waals surface area contributed by atoms with Crippen molar-refractivity contribution < 1.29 is 4.70 Å². The molecule has 7 heavy (non-hydrogen) atoms. The van der Waals surface area contributed by atoms with Gasteiger partial charge in [-0.2, -0.15) is 0 Å². The van der Waals surface area contributed by atoms with Gasteiger partial charge >= 0.3 is 0 Å². The topological polar surface area (TPSA) is 38.7 Å². The Morgan fingerprint density at radius 3 is 1.14 bits per heavy atom. The minimum atomic E-state index is 0. The van der Waals surface area contributed by atoms with Crippen molar-refractivity contribution in [1.82, 2.24) is 15.0 Å². The van der Waals surface area contributed by atoms with Crippen molar-refractivity contribution >= 4 is 0 Å². The average Bonchev–Trinajstić information content (AvgIpc) is 1.72. The summed E-state index contributed by atoms with van der Waals surface area (Å²) in [5.74, 6) is 0. The molecule has 0 spiro atoms. The number of rotatable bonds is 0. The summed E-state index contributed by atoms with van der Waals surface area (Å²) in [4.78, 5) is 10.7. The number of halogens is 1. The minimum Gasteiger partial charge on any atom is -0.269 e. The lowest BCUT2D eigenvalue weighted by Crippen LogP contribution is -1.73. The first kappa shape index (κ1) is 5.94. The molecule has 0 aromatic carbocycles. The molecule has 0 fully saturated rings. The maximum Gasteiger partial charge on any atom is 0.119 e. The van der Waals surface area contributed by atoms with E-state index >= 15 is 0 Å². The standard InChI is InChI=1S/C3H3N3.FH/c1-4-2-6-3-5-1;/h1-3H;1H. The van der Waals surface area contributed by atoms with Crippen LogP contribution in [0.5, 0.6) is 0 Å². The third kappa shape index (κ3) is 1.75. The number of hydrogen-bond donors (Lipinski definition) is 0. The van der Waals surface area contributed by atoms with E-state index in [-0.39, 0.29) is 4.70 Å². The van der Waals surface area contributed by atoms with Crippen LogP contribution in [0.15, 0.2) is 19.0 Å². The molecular formula is C3H4FN3. The van der Waals surface area contributed by atoms with Crippen LogP contribution in [-0.2, 0) is 0 Å². The highest BCUT2D eigenvalue weighted by Crippen LogP contribution is 1.57. The van der Waals surface area contributed by atoms with Crippen LogP contribution >= 0.6 is 0 Å². The molecule has 0 bridgehead atoms. The number of aromatic nitrogens is 3. The quantitative estimate of drug-likeness (QED) is 0.462. The summed E-state index contributed by atoms with van der Waals surface area (Å²) < 4.78 is 0. The Morgan fingerprint density at radius 2 is 1.00 bits per heavy atom. The highest BCUT2D eigenvalue weighted by Gasteiger charge is 1.59. The largest absolute Gasteiger partial charge is 0.269 e. The Balaban J connectivity index is 0.000000360. The van der Waals surface area contributed by atoms with E-state index in [9.17, 15) is 0 Å². The van der Waals surface area contributed by atoms with Crippen molar-refractivity contribution in [3.8, 4) is 0 Å². The van der Waals surface area contributed by atoms with Crippen LogP contribution in [0.2, 0.25) is 0 Å². The van der Waals surface area contributed by atoms with Gasteiger partial charge in [0.1, 0.15) is 19.0 Å². The van der Waals surface area contributed by atoms with Gasteiger partial charge in [-0.15, -0.1) is 0 Å². The molecule has 38 valence electrons. The van der Waals surface area contributed by atoms with Crippen LogP contribution in [0.25, 0.3) is 0 Å². The highest BCUT2D eigenvalue weighted by molar-refractivity contribution is 4.51. The van der Waals surface area contributed by atoms with Crippen LogP contribution in [-0.4, -0.2) is 15.0 Å². The fraction of sp³-hybridized carbons (Fsp3) is 0. The van der Waals surface area contributed by atoms with Crippen LogP contribution in [0.3, 0.4) is 0 Å². The molecule has 0 amide bonds. The summed E-state index contributed by atoms with van der Waals surface area (Å²) in [7, 11) is 0. The summed E-state index contributed by atoms with van der Waals surface area (Å²) in [6.07, 6.45) is 4.31. The van der Waals surface area contributed by atoms with Crippen molar-refractivity contribution in [2.75, 3.05) is 0 Å². The zero-order chi connectivity index (χ0) is 4.24. The van der Waals surface area contributed by atoms with Crippen molar-refractivity contribution in [3.05, 3.63) is 19.0 Å². The van der Waals surface area contributed by atoms with Crippen LogP contribution in [0.1, 0.15) is 0 Å². The van der Waals surface area contributed by atoms with Crippen molar-refractivity contribution in [2.45, 2.75) is 0 Å². The maximum atomic E-state index is 3.56. The fourth-order valence-electron chi connectivity index (χ4n) is 0.205. The molecule has 1 rings (SSSR count). The van der Waals surface area contributed by atoms with Gasteiger partial charge < -0.3 is 0 Å². The van der Waals surface area contributed by atoms with Gasteiger partial charge in [-0.05, 0) is 0 Å². The van der Waals surface area contributed by atoms with Gasteiger partial charge in [-0.25, -0.2) is 15.0 Å². The van der Waals surface area contributed by atoms with E-state index in [1.54, 1.807) is 0 Å². The van der Waals surface area contributed by atoms with Gasteiger partial charge in [-0.3, -0.25) is 4.70 Å². The molecular weight excluding hydrogens is 97.1 g/mol. The van der Waals surface area contributed by atoms with E-state index in [0.717, 1.165) is 0 Å². The van der Waals surface area contributed by atoms with E-state index in [1.807, 2.05) is 0 Å². The Bertz CT molecular complexity index is 82.1. The lowest BCUT2D eigenvalue weighted by Gasteiger charge is -1.69. The van der Waals surface area contributed by atoms with Crippen LogP contribution < -0.4 is 0 Å². The van der Waals surface area contributed by atoms with E-state index < -0.39 is 0 Å². The molecule has 0 N–H and O–H groups in total. The Hall–Kier alpha value is -1.06. The Labute approximate surface area is 39.8 Å². The third-order valence-corrected chi connectivity index (χ3v) is 0.400. The molecule has 0 atom stereocenters. The summed E-state index contributed by atoms with van der Waals surface area (Å²) in [6.45, 7) is 0. The monoisotopic (exact) mass is 101 g/mol. The summed E-state index contributed by atoms with van der Waals surface area (Å²) in [5, 5.41) is 0. The smallest absolute Gasteiger partial charge is 0.119 e. The van der Waals surface area contributed by atoms with Gasteiger partial charge in [0.25, 0.3) is 0 Å². The zero-order valence-corrected chi connectivity index (χ0v) is 3.48. The van der Waals surface area contributed by atoms with Crippen molar-refractivity contribution in [3.63, 3.8) is 0 Å². The minimum absolute atomic E-state index is 0. The molecule has 3 nitrogen and oxygen atoms in total. The third-order valence-electron chi connectivity index (χ3n) is 0.400. The van der Waals surface area contributed by atoms with Crippen molar-refractivity contribution in [2.24, 2.45) is 0 Å². The molecule has 0 aliphatic rings. The lowest BCUT2D eigenvalue weighted by molar-refractivity contribution is 1.05. The van der Waals surface area contributed by atoms with Gasteiger partial charge in [-0.1, -0.05) is 0 Å². The first-order valence-corrected chi connectivity index (χ1v) is 1.55. The second-order valence-corrected chi connectivity index (χ2v) is 0.794. The Kier molecular flexibility index (Phi) is 2.67. The highest BCUT2D eigenvalue weighted by atomic mass is 19.0. The van der Waals surface area contributed by atoms with Gasteiger partial charge in [0.15, 0.2) is 0 Å². The number of nitrogens with zero attached hydrogens (tertiary/aromatic N) is 3. The zero-order valence-electron chi connectivity index (χ0n) is 3.48. The Morgan fingerprint density at radius 1 is 0.714 bits per heavy atom. The average molecular weight is 101 g/mol. The predicted molar refractivity (Wildman–Crippen MR) is 22.3 cm³/mol. The molecule has 0 aliphatic carbocycles. The van der Waals surface area contributed by atoms with Crippen molar-refractivity contribution in [1.29, 1.82) is 0 Å². The SMILES string of the molecule is F.c1ncncn1. The molecule has 4 heteroatoms. The number of hydrogen-bond acceptors (Lipinski definition) is 3. The second kappa shape index (κ2) is 3.14. The summed E-state index contributed by atoms with van der Waals surface area (Å²) in [6, 6.07) is 0. The predicted octanol–water partition coefficient (Wildman–Crippen LogP) is 0.0241.